The Labute approximate surface area is 116 Å². The highest BCUT2D eigenvalue weighted by molar-refractivity contribution is 6.31. The standard InChI is InChI=1S/C13H18ClF2NO2/c1-17(7-13(15)16)6-11(18)9-19-8-10-4-2-3-5-12(10)14/h2-5,11,13,18H,6-9H2,1H3. The molecule has 0 spiro atoms. The first-order valence-electron chi connectivity index (χ1n) is 5.95. The van der Waals surface area contributed by atoms with Gasteiger partial charge in [-0.15, -0.1) is 0 Å². The maximum atomic E-state index is 12.1. The molecular formula is C13H18ClF2NO2. The van der Waals surface area contributed by atoms with Gasteiger partial charge in [0, 0.05) is 11.6 Å². The topological polar surface area (TPSA) is 32.7 Å². The number of ether oxygens (including phenoxy) is 1. The van der Waals surface area contributed by atoms with Crippen LogP contribution in [0.2, 0.25) is 5.02 Å². The monoisotopic (exact) mass is 293 g/mol. The lowest BCUT2D eigenvalue weighted by Crippen LogP contribution is -2.35. The van der Waals surface area contributed by atoms with Crippen molar-refractivity contribution in [3.63, 3.8) is 0 Å². The molecule has 19 heavy (non-hydrogen) atoms. The average molecular weight is 294 g/mol. The summed E-state index contributed by atoms with van der Waals surface area (Å²) in [5.74, 6) is 0. The van der Waals surface area contributed by atoms with Crippen LogP contribution < -0.4 is 0 Å². The van der Waals surface area contributed by atoms with E-state index in [-0.39, 0.29) is 26.3 Å². The summed E-state index contributed by atoms with van der Waals surface area (Å²) in [4.78, 5) is 1.37. The Morgan fingerprint density at radius 1 is 1.32 bits per heavy atom. The molecule has 0 aliphatic rings. The zero-order valence-electron chi connectivity index (χ0n) is 10.7. The third kappa shape index (κ3) is 6.82. The molecule has 0 saturated carbocycles. The van der Waals surface area contributed by atoms with E-state index in [1.54, 1.807) is 6.07 Å². The minimum Gasteiger partial charge on any atom is -0.389 e. The molecule has 0 saturated heterocycles. The van der Waals surface area contributed by atoms with Crippen molar-refractivity contribution < 1.29 is 18.6 Å². The van der Waals surface area contributed by atoms with E-state index in [1.807, 2.05) is 18.2 Å². The second-order valence-electron chi connectivity index (χ2n) is 4.37. The molecule has 0 aliphatic carbocycles. The van der Waals surface area contributed by atoms with Crippen LogP contribution in [0, 0.1) is 0 Å². The van der Waals surface area contributed by atoms with Gasteiger partial charge >= 0.3 is 0 Å². The number of nitrogens with zero attached hydrogens (tertiary/aromatic N) is 1. The van der Waals surface area contributed by atoms with Crippen LogP contribution in [0.3, 0.4) is 0 Å². The normalized spacial score (nSPS) is 13.2. The van der Waals surface area contributed by atoms with Gasteiger partial charge in [0.15, 0.2) is 0 Å². The first kappa shape index (κ1) is 16.3. The third-order valence-electron chi connectivity index (χ3n) is 2.50. The number of alkyl halides is 2. The quantitative estimate of drug-likeness (QED) is 0.799. The maximum absolute atomic E-state index is 12.1. The van der Waals surface area contributed by atoms with Crippen LogP contribution in [0.15, 0.2) is 24.3 Å². The van der Waals surface area contributed by atoms with Gasteiger partial charge in [0.2, 0.25) is 0 Å². The molecule has 0 bridgehead atoms. The highest BCUT2D eigenvalue weighted by Gasteiger charge is 2.12. The van der Waals surface area contributed by atoms with E-state index in [1.165, 1.54) is 11.9 Å². The lowest BCUT2D eigenvalue weighted by Gasteiger charge is -2.20. The van der Waals surface area contributed by atoms with Crippen LogP contribution >= 0.6 is 11.6 Å². The van der Waals surface area contributed by atoms with Crippen molar-refractivity contribution in [1.82, 2.24) is 4.90 Å². The molecule has 6 heteroatoms. The summed E-state index contributed by atoms with van der Waals surface area (Å²) in [6, 6.07) is 7.25. The van der Waals surface area contributed by atoms with Crippen LogP contribution in [0.5, 0.6) is 0 Å². The van der Waals surface area contributed by atoms with E-state index in [0.29, 0.717) is 5.02 Å². The van der Waals surface area contributed by atoms with E-state index in [4.69, 9.17) is 16.3 Å². The number of benzene rings is 1. The van der Waals surface area contributed by atoms with Crippen molar-refractivity contribution in [2.24, 2.45) is 0 Å². The van der Waals surface area contributed by atoms with Crippen molar-refractivity contribution in [2.75, 3.05) is 26.7 Å². The molecule has 0 amide bonds. The van der Waals surface area contributed by atoms with E-state index in [0.717, 1.165) is 5.56 Å². The molecule has 3 nitrogen and oxygen atoms in total. The molecule has 1 unspecified atom stereocenters. The van der Waals surface area contributed by atoms with Crippen LogP contribution in [0.1, 0.15) is 5.56 Å². The molecule has 108 valence electrons. The summed E-state index contributed by atoms with van der Waals surface area (Å²) in [6.45, 7) is 0.155. The zero-order valence-corrected chi connectivity index (χ0v) is 11.5. The highest BCUT2D eigenvalue weighted by Crippen LogP contribution is 2.15. The SMILES string of the molecule is CN(CC(F)F)CC(O)COCc1ccccc1Cl. The van der Waals surface area contributed by atoms with E-state index < -0.39 is 12.5 Å². The number of rotatable bonds is 8. The molecule has 0 aromatic heterocycles. The maximum Gasteiger partial charge on any atom is 0.251 e. The lowest BCUT2D eigenvalue weighted by atomic mass is 10.2. The summed E-state index contributed by atoms with van der Waals surface area (Å²) in [7, 11) is 1.53. The summed E-state index contributed by atoms with van der Waals surface area (Å²) in [5.41, 5.74) is 0.831. The van der Waals surface area contributed by atoms with Crippen molar-refractivity contribution in [2.45, 2.75) is 19.1 Å². The van der Waals surface area contributed by atoms with E-state index in [9.17, 15) is 13.9 Å². The first-order chi connectivity index (χ1) is 8.99. The number of likely N-dealkylation sites (N-methyl/N-ethyl adjacent to an activating group) is 1. The van der Waals surface area contributed by atoms with E-state index in [2.05, 4.69) is 0 Å². The fourth-order valence-corrected chi connectivity index (χ4v) is 1.83. The van der Waals surface area contributed by atoms with Crippen LogP contribution in [0.4, 0.5) is 8.78 Å². The summed E-state index contributed by atoms with van der Waals surface area (Å²) in [6.07, 6.45) is -3.20. The van der Waals surface area contributed by atoms with Crippen molar-refractivity contribution in [3.8, 4) is 0 Å². The number of aliphatic hydroxyl groups excluding tert-OH is 1. The number of hydrogen-bond acceptors (Lipinski definition) is 3. The van der Waals surface area contributed by atoms with Crippen LogP contribution in [-0.2, 0) is 11.3 Å². The Balaban J connectivity index is 2.24. The second-order valence-corrected chi connectivity index (χ2v) is 4.78. The van der Waals surface area contributed by atoms with Crippen molar-refractivity contribution >= 4 is 11.6 Å². The Kier molecular flexibility index (Phi) is 7.23. The molecule has 0 fully saturated rings. The summed E-state index contributed by atoms with van der Waals surface area (Å²) >= 11 is 5.95. The summed E-state index contributed by atoms with van der Waals surface area (Å²) in [5, 5.41) is 10.2. The fraction of sp³-hybridized carbons (Fsp3) is 0.538. The molecule has 1 aromatic carbocycles. The predicted molar refractivity (Wildman–Crippen MR) is 70.6 cm³/mol. The van der Waals surface area contributed by atoms with Gasteiger partial charge in [-0.1, -0.05) is 29.8 Å². The zero-order chi connectivity index (χ0) is 14.3. The van der Waals surface area contributed by atoms with Gasteiger partial charge in [-0.05, 0) is 18.7 Å². The van der Waals surface area contributed by atoms with Gasteiger partial charge < -0.3 is 9.84 Å². The van der Waals surface area contributed by atoms with E-state index >= 15 is 0 Å². The smallest absolute Gasteiger partial charge is 0.251 e. The molecule has 1 N–H and O–H groups in total. The largest absolute Gasteiger partial charge is 0.389 e. The van der Waals surface area contributed by atoms with Gasteiger partial charge in [0.05, 0.1) is 25.9 Å². The Hall–Kier alpha value is -0.750. The van der Waals surface area contributed by atoms with Gasteiger partial charge in [0.25, 0.3) is 6.43 Å². The van der Waals surface area contributed by atoms with Gasteiger partial charge in [-0.3, -0.25) is 4.90 Å². The van der Waals surface area contributed by atoms with Crippen LogP contribution in [0.25, 0.3) is 0 Å². The lowest BCUT2D eigenvalue weighted by molar-refractivity contribution is 0.00446. The highest BCUT2D eigenvalue weighted by atomic mass is 35.5. The molecule has 0 heterocycles. The van der Waals surface area contributed by atoms with Crippen LogP contribution in [-0.4, -0.2) is 49.3 Å². The minimum atomic E-state index is -2.40. The minimum absolute atomic E-state index is 0.0821. The second kappa shape index (κ2) is 8.43. The summed E-state index contributed by atoms with van der Waals surface area (Å²) < 4.78 is 29.5. The Bertz CT molecular complexity index is 379. The first-order valence-corrected chi connectivity index (χ1v) is 6.32. The number of hydrogen-bond donors (Lipinski definition) is 1. The van der Waals surface area contributed by atoms with Gasteiger partial charge in [-0.2, -0.15) is 0 Å². The van der Waals surface area contributed by atoms with Gasteiger partial charge in [0.1, 0.15) is 0 Å². The third-order valence-corrected chi connectivity index (χ3v) is 2.87. The Morgan fingerprint density at radius 2 is 2.00 bits per heavy atom. The number of aliphatic hydroxyl groups is 1. The fourth-order valence-electron chi connectivity index (χ4n) is 1.64. The predicted octanol–water partition coefficient (Wildman–Crippen LogP) is 2.41. The molecule has 1 aromatic rings. The van der Waals surface area contributed by atoms with Gasteiger partial charge in [-0.25, -0.2) is 8.78 Å². The molecule has 1 rings (SSSR count). The number of halogens is 3. The molecule has 0 radical (unpaired) electrons. The van der Waals surface area contributed by atoms with Crippen molar-refractivity contribution in [1.29, 1.82) is 0 Å². The van der Waals surface area contributed by atoms with Crippen molar-refractivity contribution in [3.05, 3.63) is 34.9 Å². The average Bonchev–Trinajstić information content (AvgIpc) is 2.30. The molecule has 1 atom stereocenters. The molecule has 0 aliphatic heterocycles. The Morgan fingerprint density at radius 3 is 2.63 bits per heavy atom. The molecular weight excluding hydrogens is 276 g/mol.